The number of nitrogens with one attached hydrogen (secondary N) is 2. The van der Waals surface area contributed by atoms with Gasteiger partial charge in [-0.15, -0.1) is 24.0 Å². The molecule has 0 amide bonds. The van der Waals surface area contributed by atoms with Crippen LogP contribution < -0.4 is 10.6 Å². The monoisotopic (exact) mass is 495 g/mol. The summed E-state index contributed by atoms with van der Waals surface area (Å²) in [4.78, 5) is 4.94. The van der Waals surface area contributed by atoms with Crippen molar-refractivity contribution in [2.45, 2.75) is 64.9 Å². The Balaban J connectivity index is 0.00000625. The summed E-state index contributed by atoms with van der Waals surface area (Å²) >= 11 is 0. The summed E-state index contributed by atoms with van der Waals surface area (Å²) in [5.74, 6) is 0.788. The summed E-state index contributed by atoms with van der Waals surface area (Å²) < 4.78 is 23.0. The quantitative estimate of drug-likeness (QED) is 0.341. The lowest BCUT2D eigenvalue weighted by Gasteiger charge is -2.23. The molecule has 0 aliphatic rings. The minimum Gasteiger partial charge on any atom is -0.357 e. The third kappa shape index (κ3) is 10.4. The summed E-state index contributed by atoms with van der Waals surface area (Å²) in [5, 5.41) is 6.70. The standard InChI is InChI=1S/C19H33N3O2S.HI/c1-7-20-18(22-15(2)12-13-19(3,4)5)21-14-16-8-10-17(11-9-16)25(6,23)24;/h8-11,15H,7,12-14H2,1-6H3,(H2,20,21,22);1H. The van der Waals surface area contributed by atoms with Crippen molar-refractivity contribution in [1.29, 1.82) is 0 Å². The first-order valence-electron chi connectivity index (χ1n) is 8.85. The van der Waals surface area contributed by atoms with E-state index in [2.05, 4.69) is 43.3 Å². The average Bonchev–Trinajstić information content (AvgIpc) is 2.50. The van der Waals surface area contributed by atoms with E-state index in [0.717, 1.165) is 30.9 Å². The van der Waals surface area contributed by atoms with Gasteiger partial charge in [-0.25, -0.2) is 13.4 Å². The number of aliphatic imine (C=N–C) groups is 1. The fourth-order valence-corrected chi connectivity index (χ4v) is 2.92. The van der Waals surface area contributed by atoms with Gasteiger partial charge in [0.2, 0.25) is 0 Å². The van der Waals surface area contributed by atoms with E-state index in [9.17, 15) is 8.42 Å². The number of nitrogens with zero attached hydrogens (tertiary/aromatic N) is 1. The summed E-state index contributed by atoms with van der Waals surface area (Å²) in [7, 11) is -3.15. The van der Waals surface area contributed by atoms with Crippen molar-refractivity contribution in [3.05, 3.63) is 29.8 Å². The molecule has 2 N–H and O–H groups in total. The molecular weight excluding hydrogens is 461 g/mol. The van der Waals surface area contributed by atoms with E-state index >= 15 is 0 Å². The van der Waals surface area contributed by atoms with Gasteiger partial charge >= 0.3 is 0 Å². The number of halogens is 1. The normalized spacial score (nSPS) is 13.7. The first-order valence-corrected chi connectivity index (χ1v) is 10.7. The largest absolute Gasteiger partial charge is 0.357 e. The Morgan fingerprint density at radius 1 is 1.19 bits per heavy atom. The Morgan fingerprint density at radius 2 is 1.77 bits per heavy atom. The second-order valence-electron chi connectivity index (χ2n) is 7.76. The van der Waals surface area contributed by atoms with Crippen molar-refractivity contribution in [2.24, 2.45) is 10.4 Å². The lowest BCUT2D eigenvalue weighted by molar-refractivity contribution is 0.346. The highest BCUT2D eigenvalue weighted by molar-refractivity contribution is 14.0. The van der Waals surface area contributed by atoms with Gasteiger partial charge in [-0.2, -0.15) is 0 Å². The smallest absolute Gasteiger partial charge is 0.191 e. The summed E-state index contributed by atoms with van der Waals surface area (Å²) in [6.45, 7) is 12.3. The van der Waals surface area contributed by atoms with Gasteiger partial charge in [-0.3, -0.25) is 0 Å². The Bertz CT molecular complexity index is 665. The summed E-state index contributed by atoms with van der Waals surface area (Å²) in [5.41, 5.74) is 1.30. The maximum Gasteiger partial charge on any atom is 0.191 e. The van der Waals surface area contributed by atoms with Crippen LogP contribution in [0, 0.1) is 5.41 Å². The van der Waals surface area contributed by atoms with Gasteiger partial charge < -0.3 is 10.6 Å². The molecule has 0 aliphatic heterocycles. The van der Waals surface area contributed by atoms with Crippen molar-refractivity contribution in [1.82, 2.24) is 10.6 Å². The van der Waals surface area contributed by atoms with E-state index < -0.39 is 9.84 Å². The van der Waals surface area contributed by atoms with Gasteiger partial charge in [-0.05, 0) is 49.8 Å². The minimum atomic E-state index is -3.15. The molecule has 0 fully saturated rings. The molecule has 26 heavy (non-hydrogen) atoms. The molecule has 0 saturated heterocycles. The molecule has 5 nitrogen and oxygen atoms in total. The maximum atomic E-state index is 11.5. The lowest BCUT2D eigenvalue weighted by atomic mass is 9.89. The Kier molecular flexibility index (Phi) is 10.8. The molecule has 0 radical (unpaired) electrons. The van der Waals surface area contributed by atoms with Crippen LogP contribution in [0.25, 0.3) is 0 Å². The maximum absolute atomic E-state index is 11.5. The van der Waals surface area contributed by atoms with Crippen LogP contribution in [0.3, 0.4) is 0 Å². The fourth-order valence-electron chi connectivity index (χ4n) is 2.29. The molecule has 1 unspecified atom stereocenters. The van der Waals surface area contributed by atoms with E-state index in [0.29, 0.717) is 22.9 Å². The molecule has 0 aliphatic carbocycles. The second kappa shape index (κ2) is 11.1. The van der Waals surface area contributed by atoms with Gasteiger partial charge in [0.1, 0.15) is 0 Å². The third-order valence-corrected chi connectivity index (χ3v) is 4.95. The van der Waals surface area contributed by atoms with Crippen LogP contribution in [-0.4, -0.2) is 33.2 Å². The van der Waals surface area contributed by atoms with E-state index in [1.54, 1.807) is 12.1 Å². The number of sulfone groups is 1. The van der Waals surface area contributed by atoms with Crippen molar-refractivity contribution in [3.63, 3.8) is 0 Å². The molecule has 0 bridgehead atoms. The third-order valence-electron chi connectivity index (χ3n) is 3.83. The topological polar surface area (TPSA) is 70.6 Å². The van der Waals surface area contributed by atoms with E-state index in [-0.39, 0.29) is 24.0 Å². The van der Waals surface area contributed by atoms with E-state index in [1.807, 2.05) is 19.1 Å². The first-order chi connectivity index (χ1) is 11.5. The predicted molar refractivity (Wildman–Crippen MR) is 121 cm³/mol. The van der Waals surface area contributed by atoms with Crippen LogP contribution in [0.4, 0.5) is 0 Å². The number of hydrogen-bond donors (Lipinski definition) is 2. The highest BCUT2D eigenvalue weighted by Gasteiger charge is 2.13. The van der Waals surface area contributed by atoms with Crippen LogP contribution in [0.2, 0.25) is 0 Å². The van der Waals surface area contributed by atoms with Crippen LogP contribution in [-0.2, 0) is 16.4 Å². The number of guanidine groups is 1. The number of hydrogen-bond acceptors (Lipinski definition) is 3. The van der Waals surface area contributed by atoms with Gasteiger partial charge in [-0.1, -0.05) is 32.9 Å². The molecule has 1 atom stereocenters. The SMILES string of the molecule is CCNC(=NCc1ccc(S(C)(=O)=O)cc1)NC(C)CCC(C)(C)C.I. The Hall–Kier alpha value is -0.830. The molecule has 150 valence electrons. The summed E-state index contributed by atoms with van der Waals surface area (Å²) in [6, 6.07) is 7.22. The van der Waals surface area contributed by atoms with E-state index in [4.69, 9.17) is 0 Å². The molecule has 1 aromatic carbocycles. The summed E-state index contributed by atoms with van der Waals surface area (Å²) in [6.07, 6.45) is 3.44. The zero-order valence-corrected chi connectivity index (χ0v) is 19.9. The van der Waals surface area contributed by atoms with Crippen LogP contribution >= 0.6 is 24.0 Å². The van der Waals surface area contributed by atoms with Crippen LogP contribution in [0.5, 0.6) is 0 Å². The molecular formula is C19H34IN3O2S. The average molecular weight is 495 g/mol. The van der Waals surface area contributed by atoms with E-state index in [1.165, 1.54) is 6.26 Å². The molecule has 0 spiro atoms. The van der Waals surface area contributed by atoms with Crippen molar-refractivity contribution >= 4 is 39.8 Å². The van der Waals surface area contributed by atoms with Crippen LogP contribution in [0.15, 0.2) is 34.2 Å². The van der Waals surface area contributed by atoms with Crippen molar-refractivity contribution < 1.29 is 8.42 Å². The second-order valence-corrected chi connectivity index (χ2v) is 9.77. The van der Waals surface area contributed by atoms with Gasteiger partial charge in [0.15, 0.2) is 15.8 Å². The molecule has 7 heteroatoms. The van der Waals surface area contributed by atoms with Gasteiger partial charge in [0.25, 0.3) is 0 Å². The lowest BCUT2D eigenvalue weighted by Crippen LogP contribution is -2.42. The van der Waals surface area contributed by atoms with Gasteiger partial charge in [0, 0.05) is 18.8 Å². The molecule has 0 heterocycles. The molecule has 0 aromatic heterocycles. The Labute approximate surface area is 176 Å². The Morgan fingerprint density at radius 3 is 2.23 bits per heavy atom. The fraction of sp³-hybridized carbons (Fsp3) is 0.632. The number of rotatable bonds is 7. The van der Waals surface area contributed by atoms with Crippen molar-refractivity contribution in [2.75, 3.05) is 12.8 Å². The van der Waals surface area contributed by atoms with Crippen molar-refractivity contribution in [3.8, 4) is 0 Å². The molecule has 1 aromatic rings. The zero-order valence-electron chi connectivity index (χ0n) is 16.8. The molecule has 1 rings (SSSR count). The van der Waals surface area contributed by atoms with Crippen LogP contribution in [0.1, 0.15) is 53.0 Å². The molecule has 0 saturated carbocycles. The van der Waals surface area contributed by atoms with Gasteiger partial charge in [0.05, 0.1) is 11.4 Å². The predicted octanol–water partition coefficient (Wildman–Crippen LogP) is 3.98. The first kappa shape index (κ1) is 25.2. The zero-order chi connectivity index (χ0) is 19.1. The number of benzene rings is 1. The highest BCUT2D eigenvalue weighted by Crippen LogP contribution is 2.21. The minimum absolute atomic E-state index is 0. The highest BCUT2D eigenvalue weighted by atomic mass is 127.